The highest BCUT2D eigenvalue weighted by atomic mass is 16.6. The first-order chi connectivity index (χ1) is 9.04. The maximum atomic E-state index is 11.2. The van der Waals surface area contributed by atoms with Gasteiger partial charge in [0.05, 0.1) is 23.7 Å². The number of hydrogen-bond donors (Lipinski definition) is 1. The summed E-state index contributed by atoms with van der Waals surface area (Å²) in [5.74, 6) is 0. The second-order valence-corrected chi connectivity index (χ2v) is 4.78. The second kappa shape index (κ2) is 5.54. The summed E-state index contributed by atoms with van der Waals surface area (Å²) in [4.78, 5) is 12.6. The number of nitro groups is 1. The van der Waals surface area contributed by atoms with Crippen LogP contribution in [0, 0.1) is 10.1 Å². The van der Waals surface area contributed by atoms with E-state index in [0.29, 0.717) is 17.9 Å². The first-order valence-electron chi connectivity index (χ1n) is 6.27. The van der Waals surface area contributed by atoms with Crippen molar-refractivity contribution in [1.82, 2.24) is 0 Å². The molecule has 0 spiro atoms. The Morgan fingerprint density at radius 2 is 2.32 bits per heavy atom. The van der Waals surface area contributed by atoms with Gasteiger partial charge in [-0.2, -0.15) is 0 Å². The molecule has 2 unspecified atom stereocenters. The van der Waals surface area contributed by atoms with E-state index in [2.05, 4.69) is 0 Å². The van der Waals surface area contributed by atoms with Crippen molar-refractivity contribution >= 4 is 11.4 Å². The third-order valence-corrected chi connectivity index (χ3v) is 3.63. The smallest absolute Gasteiger partial charge is 0.292 e. The Labute approximate surface area is 111 Å². The molecule has 0 bridgehead atoms. The molecule has 2 rings (SSSR count). The average molecular weight is 266 g/mol. The van der Waals surface area contributed by atoms with Gasteiger partial charge in [0, 0.05) is 19.7 Å². The molecule has 1 aliphatic rings. The second-order valence-electron chi connectivity index (χ2n) is 4.78. The largest absolute Gasteiger partial charge is 0.392 e. The van der Waals surface area contributed by atoms with Crippen molar-refractivity contribution in [1.29, 1.82) is 0 Å². The summed E-state index contributed by atoms with van der Waals surface area (Å²) in [5, 5.41) is 20.2. The first-order valence-corrected chi connectivity index (χ1v) is 6.27. The summed E-state index contributed by atoms with van der Waals surface area (Å²) in [6.07, 6.45) is 0.915. The van der Waals surface area contributed by atoms with Gasteiger partial charge in [0.2, 0.25) is 0 Å². The standard InChI is InChI=1S/C13H18N2O4/c1-9-11(5-6-19-9)14(2)12-4-3-10(8-16)7-13(12)15(17)18/h3-4,7,9,11,16H,5-6,8H2,1-2H3. The number of nitro benzene ring substituents is 1. The first kappa shape index (κ1) is 13.8. The lowest BCUT2D eigenvalue weighted by Crippen LogP contribution is -2.37. The number of benzene rings is 1. The van der Waals surface area contributed by atoms with E-state index in [1.54, 1.807) is 12.1 Å². The quantitative estimate of drug-likeness (QED) is 0.663. The third-order valence-electron chi connectivity index (χ3n) is 3.63. The molecule has 1 heterocycles. The molecule has 6 heteroatoms. The highest BCUT2D eigenvalue weighted by Gasteiger charge is 2.31. The van der Waals surface area contributed by atoms with E-state index < -0.39 is 4.92 Å². The van der Waals surface area contributed by atoms with Crippen LogP contribution in [0.2, 0.25) is 0 Å². The molecule has 19 heavy (non-hydrogen) atoms. The van der Waals surface area contributed by atoms with Gasteiger partial charge in [-0.1, -0.05) is 6.07 Å². The maximum Gasteiger partial charge on any atom is 0.292 e. The van der Waals surface area contributed by atoms with Crippen LogP contribution < -0.4 is 4.90 Å². The van der Waals surface area contributed by atoms with Crippen LogP contribution in [0.25, 0.3) is 0 Å². The molecule has 104 valence electrons. The van der Waals surface area contributed by atoms with Crippen LogP contribution in [-0.4, -0.2) is 35.8 Å². The predicted molar refractivity (Wildman–Crippen MR) is 71.2 cm³/mol. The van der Waals surface area contributed by atoms with Crippen molar-refractivity contribution in [3.63, 3.8) is 0 Å². The minimum atomic E-state index is -0.411. The monoisotopic (exact) mass is 266 g/mol. The highest BCUT2D eigenvalue weighted by molar-refractivity contribution is 5.64. The number of rotatable bonds is 4. The fraction of sp³-hybridized carbons (Fsp3) is 0.538. The Hall–Kier alpha value is -1.66. The minimum absolute atomic E-state index is 0.0214. The van der Waals surface area contributed by atoms with Gasteiger partial charge in [0.25, 0.3) is 5.69 Å². The Balaban J connectivity index is 2.35. The molecule has 1 N–H and O–H groups in total. The minimum Gasteiger partial charge on any atom is -0.392 e. The molecule has 0 aromatic heterocycles. The van der Waals surface area contributed by atoms with E-state index in [1.165, 1.54) is 6.07 Å². The molecule has 2 atom stereocenters. The van der Waals surface area contributed by atoms with E-state index in [-0.39, 0.29) is 24.4 Å². The summed E-state index contributed by atoms with van der Waals surface area (Å²) >= 11 is 0. The molecule has 0 saturated carbocycles. The maximum absolute atomic E-state index is 11.2. The van der Waals surface area contributed by atoms with E-state index in [0.717, 1.165) is 6.42 Å². The Kier molecular flexibility index (Phi) is 4.01. The van der Waals surface area contributed by atoms with Gasteiger partial charge in [-0.05, 0) is 25.0 Å². The number of ether oxygens (including phenoxy) is 1. The molecule has 6 nitrogen and oxygen atoms in total. The van der Waals surface area contributed by atoms with Crippen molar-refractivity contribution in [3.05, 3.63) is 33.9 Å². The normalized spacial score (nSPS) is 22.5. The summed E-state index contributed by atoms with van der Waals surface area (Å²) < 4.78 is 5.50. The van der Waals surface area contributed by atoms with Gasteiger partial charge in [0.1, 0.15) is 5.69 Å². The lowest BCUT2D eigenvalue weighted by molar-refractivity contribution is -0.384. The topological polar surface area (TPSA) is 75.8 Å². The van der Waals surface area contributed by atoms with Crippen LogP contribution in [0.3, 0.4) is 0 Å². The van der Waals surface area contributed by atoms with Crippen LogP contribution in [0.4, 0.5) is 11.4 Å². The molecule has 0 aliphatic carbocycles. The van der Waals surface area contributed by atoms with Crippen LogP contribution in [-0.2, 0) is 11.3 Å². The Bertz CT molecular complexity index is 478. The molecule has 1 aliphatic heterocycles. The highest BCUT2D eigenvalue weighted by Crippen LogP contribution is 2.32. The number of aliphatic hydroxyl groups is 1. The molecule has 1 saturated heterocycles. The van der Waals surface area contributed by atoms with Crippen molar-refractivity contribution in [3.8, 4) is 0 Å². The average Bonchev–Trinajstić information content (AvgIpc) is 2.83. The number of likely N-dealkylation sites (N-methyl/N-ethyl adjacent to an activating group) is 1. The Morgan fingerprint density at radius 1 is 1.58 bits per heavy atom. The summed E-state index contributed by atoms with van der Waals surface area (Å²) in [7, 11) is 1.84. The van der Waals surface area contributed by atoms with Crippen molar-refractivity contribution in [2.45, 2.75) is 32.1 Å². The van der Waals surface area contributed by atoms with Crippen LogP contribution in [0.15, 0.2) is 18.2 Å². The lowest BCUT2D eigenvalue weighted by Gasteiger charge is -2.28. The summed E-state index contributed by atoms with van der Waals surface area (Å²) in [5.41, 5.74) is 1.12. The van der Waals surface area contributed by atoms with Crippen molar-refractivity contribution in [2.24, 2.45) is 0 Å². The lowest BCUT2D eigenvalue weighted by atomic mass is 10.1. The number of hydrogen-bond acceptors (Lipinski definition) is 5. The van der Waals surface area contributed by atoms with Crippen LogP contribution >= 0.6 is 0 Å². The number of anilines is 1. The fourth-order valence-electron chi connectivity index (χ4n) is 2.52. The molecule has 1 fully saturated rings. The predicted octanol–water partition coefficient (Wildman–Crippen LogP) is 1.70. The van der Waals surface area contributed by atoms with Gasteiger partial charge in [-0.15, -0.1) is 0 Å². The molecule has 0 radical (unpaired) electrons. The van der Waals surface area contributed by atoms with Crippen LogP contribution in [0.5, 0.6) is 0 Å². The molecular weight excluding hydrogens is 248 g/mol. The fourth-order valence-corrected chi connectivity index (χ4v) is 2.52. The van der Waals surface area contributed by atoms with Crippen LogP contribution in [0.1, 0.15) is 18.9 Å². The van der Waals surface area contributed by atoms with E-state index in [1.807, 2.05) is 18.9 Å². The van der Waals surface area contributed by atoms with E-state index in [9.17, 15) is 10.1 Å². The zero-order valence-electron chi connectivity index (χ0n) is 11.1. The van der Waals surface area contributed by atoms with Crippen molar-refractivity contribution in [2.75, 3.05) is 18.6 Å². The zero-order valence-corrected chi connectivity index (χ0v) is 11.1. The number of nitrogens with zero attached hydrogens (tertiary/aromatic N) is 2. The summed E-state index contributed by atoms with van der Waals surface area (Å²) in [6.45, 7) is 2.45. The molecule has 1 aromatic rings. The van der Waals surface area contributed by atoms with Crippen molar-refractivity contribution < 1.29 is 14.8 Å². The van der Waals surface area contributed by atoms with Gasteiger partial charge in [-0.3, -0.25) is 10.1 Å². The Morgan fingerprint density at radius 3 is 2.84 bits per heavy atom. The van der Waals surface area contributed by atoms with E-state index >= 15 is 0 Å². The van der Waals surface area contributed by atoms with Gasteiger partial charge in [0.15, 0.2) is 0 Å². The number of aliphatic hydroxyl groups excluding tert-OH is 1. The SMILES string of the molecule is CC1OCCC1N(C)c1ccc(CO)cc1[N+](=O)[O-]. The zero-order chi connectivity index (χ0) is 14.0. The van der Waals surface area contributed by atoms with Gasteiger partial charge < -0.3 is 14.7 Å². The van der Waals surface area contributed by atoms with Gasteiger partial charge in [-0.25, -0.2) is 0 Å². The van der Waals surface area contributed by atoms with E-state index in [4.69, 9.17) is 9.84 Å². The molecule has 1 aromatic carbocycles. The molecular formula is C13H18N2O4. The third kappa shape index (κ3) is 2.69. The van der Waals surface area contributed by atoms with Gasteiger partial charge >= 0.3 is 0 Å². The summed E-state index contributed by atoms with van der Waals surface area (Å²) in [6, 6.07) is 4.96. The molecule has 0 amide bonds.